The van der Waals surface area contributed by atoms with Gasteiger partial charge < -0.3 is 5.73 Å². The number of rotatable bonds is 5. The first kappa shape index (κ1) is 14.9. The van der Waals surface area contributed by atoms with Crippen LogP contribution in [-0.4, -0.2) is 39.5 Å². The predicted octanol–water partition coefficient (Wildman–Crippen LogP) is 0.0325. The van der Waals surface area contributed by atoms with Gasteiger partial charge in [0.1, 0.15) is 0 Å². The van der Waals surface area contributed by atoms with Crippen LogP contribution < -0.4 is 5.73 Å². The summed E-state index contributed by atoms with van der Waals surface area (Å²) in [5.41, 5.74) is 6.81. The number of anilines is 1. The lowest BCUT2D eigenvalue weighted by molar-refractivity contribution is 0.470. The van der Waals surface area contributed by atoms with Crippen molar-refractivity contribution in [1.82, 2.24) is 4.31 Å². The lowest BCUT2D eigenvalue weighted by atomic mass is 10.2. The summed E-state index contributed by atoms with van der Waals surface area (Å²) in [6.45, 7) is 0.0862. The Morgan fingerprint density at radius 3 is 2.33 bits per heavy atom. The van der Waals surface area contributed by atoms with Crippen LogP contribution in [0.2, 0.25) is 0 Å². The lowest BCUT2D eigenvalue weighted by Crippen LogP contribution is -2.31. The van der Waals surface area contributed by atoms with Crippen LogP contribution in [0.3, 0.4) is 0 Å². The molecule has 18 heavy (non-hydrogen) atoms. The molecule has 0 saturated heterocycles. The third-order valence-electron chi connectivity index (χ3n) is 2.19. The summed E-state index contributed by atoms with van der Waals surface area (Å²) in [4.78, 5) is 0. The van der Waals surface area contributed by atoms with Gasteiger partial charge in [0.2, 0.25) is 10.0 Å². The molecule has 0 unspecified atom stereocenters. The molecule has 0 radical (unpaired) electrons. The Labute approximate surface area is 107 Å². The second-order valence-corrected chi connectivity index (χ2v) is 8.74. The normalized spacial score (nSPS) is 12.8. The fourth-order valence-electron chi connectivity index (χ4n) is 1.41. The van der Waals surface area contributed by atoms with Crippen LogP contribution in [0.1, 0.15) is 5.56 Å². The number of nitrogen functional groups attached to an aromatic ring is 1. The molecule has 0 aliphatic heterocycles. The minimum absolute atomic E-state index is 0.0862. The molecule has 0 aromatic heterocycles. The molecular weight excluding hydrogens is 276 g/mol. The third kappa shape index (κ3) is 4.63. The van der Waals surface area contributed by atoms with Gasteiger partial charge in [-0.15, -0.1) is 0 Å². The highest BCUT2D eigenvalue weighted by molar-refractivity contribution is 8.06. The first-order valence-electron chi connectivity index (χ1n) is 5.06. The number of sulfone groups is 1. The van der Waals surface area contributed by atoms with E-state index >= 15 is 0 Å². The maximum absolute atomic E-state index is 11.8. The van der Waals surface area contributed by atoms with Gasteiger partial charge in [0.05, 0.1) is 0 Å². The van der Waals surface area contributed by atoms with E-state index in [4.69, 9.17) is 5.73 Å². The van der Waals surface area contributed by atoms with E-state index in [2.05, 4.69) is 0 Å². The average molecular weight is 292 g/mol. The Morgan fingerprint density at radius 1 is 1.22 bits per heavy atom. The number of benzene rings is 1. The largest absolute Gasteiger partial charge is 0.399 e. The molecule has 0 aliphatic rings. The van der Waals surface area contributed by atoms with Gasteiger partial charge in [-0.1, -0.05) is 12.1 Å². The molecule has 0 amide bonds. The third-order valence-corrected chi connectivity index (χ3v) is 6.18. The summed E-state index contributed by atoms with van der Waals surface area (Å²) < 4.78 is 46.6. The van der Waals surface area contributed by atoms with Crippen molar-refractivity contribution in [2.45, 2.75) is 6.54 Å². The van der Waals surface area contributed by atoms with E-state index in [1.165, 1.54) is 7.05 Å². The zero-order valence-electron chi connectivity index (χ0n) is 10.2. The summed E-state index contributed by atoms with van der Waals surface area (Å²) in [6.07, 6.45) is 0.888. The molecule has 0 fully saturated rings. The standard InChI is InChI=1S/C10H16N2O4S2/c1-12(18(15,16)8-17(2,13)14)7-9-4-3-5-10(11)6-9/h3-6H,7-8,11H2,1-2H3. The number of sulfonamides is 1. The summed E-state index contributed by atoms with van der Waals surface area (Å²) in [5, 5.41) is -0.890. The monoisotopic (exact) mass is 292 g/mol. The smallest absolute Gasteiger partial charge is 0.228 e. The van der Waals surface area contributed by atoms with E-state index in [0.717, 1.165) is 10.6 Å². The second-order valence-electron chi connectivity index (χ2n) is 4.16. The quantitative estimate of drug-likeness (QED) is 0.772. The Hall–Kier alpha value is -1.12. The summed E-state index contributed by atoms with van der Waals surface area (Å²) in [6, 6.07) is 6.77. The van der Waals surface area contributed by atoms with Crippen molar-refractivity contribution in [3.63, 3.8) is 0 Å². The van der Waals surface area contributed by atoms with Gasteiger partial charge in [-0.3, -0.25) is 0 Å². The van der Waals surface area contributed by atoms with E-state index in [1.54, 1.807) is 24.3 Å². The number of nitrogens with zero attached hydrogens (tertiary/aromatic N) is 1. The van der Waals surface area contributed by atoms with Crippen LogP contribution in [0.25, 0.3) is 0 Å². The number of hydrogen-bond donors (Lipinski definition) is 1. The second kappa shape index (κ2) is 5.25. The molecule has 0 spiro atoms. The van der Waals surface area contributed by atoms with Gasteiger partial charge in [0.15, 0.2) is 14.9 Å². The molecule has 0 aliphatic carbocycles. The molecule has 8 heteroatoms. The minimum atomic E-state index is -3.82. The molecule has 2 N–H and O–H groups in total. The van der Waals surface area contributed by atoms with E-state index in [-0.39, 0.29) is 6.54 Å². The molecule has 102 valence electrons. The fraction of sp³-hybridized carbons (Fsp3) is 0.400. The van der Waals surface area contributed by atoms with Crippen molar-refractivity contribution in [2.24, 2.45) is 0 Å². The Kier molecular flexibility index (Phi) is 4.36. The van der Waals surface area contributed by atoms with Gasteiger partial charge in [0, 0.05) is 25.5 Å². The minimum Gasteiger partial charge on any atom is -0.399 e. The molecule has 1 aromatic carbocycles. The highest BCUT2D eigenvalue weighted by atomic mass is 32.3. The summed E-state index contributed by atoms with van der Waals surface area (Å²) >= 11 is 0. The Morgan fingerprint density at radius 2 is 1.83 bits per heavy atom. The molecule has 1 aromatic rings. The number of nitrogens with two attached hydrogens (primary N) is 1. The maximum atomic E-state index is 11.8. The van der Waals surface area contributed by atoms with Crippen LogP contribution in [0.15, 0.2) is 24.3 Å². The molecule has 0 saturated carbocycles. The first-order chi connectivity index (χ1) is 8.10. The highest BCUT2D eigenvalue weighted by Crippen LogP contribution is 2.12. The maximum Gasteiger partial charge on any atom is 0.228 e. The van der Waals surface area contributed by atoms with Crippen LogP contribution in [0.4, 0.5) is 5.69 Å². The van der Waals surface area contributed by atoms with Crippen molar-refractivity contribution >= 4 is 25.5 Å². The van der Waals surface area contributed by atoms with Crippen LogP contribution in [-0.2, 0) is 26.4 Å². The first-order valence-corrected chi connectivity index (χ1v) is 8.73. The van der Waals surface area contributed by atoms with Gasteiger partial charge in [-0.25, -0.2) is 16.8 Å². The topological polar surface area (TPSA) is 97.5 Å². The van der Waals surface area contributed by atoms with Crippen LogP contribution in [0.5, 0.6) is 0 Å². The zero-order chi connectivity index (χ0) is 14.0. The molecule has 1 rings (SSSR count). The molecular formula is C10H16N2O4S2. The summed E-state index contributed by atoms with van der Waals surface area (Å²) in [7, 11) is -6.07. The van der Waals surface area contributed by atoms with E-state index < -0.39 is 24.9 Å². The van der Waals surface area contributed by atoms with Gasteiger partial charge in [-0.2, -0.15) is 4.31 Å². The van der Waals surface area contributed by atoms with Crippen molar-refractivity contribution in [1.29, 1.82) is 0 Å². The lowest BCUT2D eigenvalue weighted by Gasteiger charge is -2.16. The highest BCUT2D eigenvalue weighted by Gasteiger charge is 2.23. The van der Waals surface area contributed by atoms with Crippen molar-refractivity contribution in [3.05, 3.63) is 29.8 Å². The van der Waals surface area contributed by atoms with E-state index in [1.807, 2.05) is 0 Å². The van der Waals surface area contributed by atoms with E-state index in [0.29, 0.717) is 11.3 Å². The van der Waals surface area contributed by atoms with Crippen molar-refractivity contribution < 1.29 is 16.8 Å². The molecule has 0 bridgehead atoms. The zero-order valence-corrected chi connectivity index (χ0v) is 11.8. The van der Waals surface area contributed by atoms with Crippen LogP contribution >= 0.6 is 0 Å². The SMILES string of the molecule is CN(Cc1cccc(N)c1)S(=O)(=O)CS(C)(=O)=O. The number of hydrogen-bond acceptors (Lipinski definition) is 5. The summed E-state index contributed by atoms with van der Waals surface area (Å²) in [5.74, 6) is 0. The fourth-order valence-corrected chi connectivity index (χ4v) is 4.64. The Bertz CT molecular complexity index is 623. The van der Waals surface area contributed by atoms with Gasteiger partial charge in [0.25, 0.3) is 0 Å². The van der Waals surface area contributed by atoms with Crippen LogP contribution in [0, 0.1) is 0 Å². The Balaban J connectivity index is 2.86. The average Bonchev–Trinajstić information content (AvgIpc) is 2.13. The van der Waals surface area contributed by atoms with E-state index in [9.17, 15) is 16.8 Å². The molecule has 6 nitrogen and oxygen atoms in total. The van der Waals surface area contributed by atoms with Gasteiger partial charge >= 0.3 is 0 Å². The van der Waals surface area contributed by atoms with Crippen molar-refractivity contribution in [2.75, 3.05) is 24.1 Å². The molecule has 0 atom stereocenters. The predicted molar refractivity (Wildman–Crippen MR) is 71.0 cm³/mol. The molecule has 0 heterocycles. The van der Waals surface area contributed by atoms with Crippen molar-refractivity contribution in [3.8, 4) is 0 Å². The van der Waals surface area contributed by atoms with Gasteiger partial charge in [-0.05, 0) is 17.7 Å².